The number of ether oxygens (including phenoxy) is 2. The van der Waals surface area contributed by atoms with Crippen LogP contribution in [0.3, 0.4) is 0 Å². The molecule has 0 radical (unpaired) electrons. The Morgan fingerprint density at radius 2 is 1.68 bits per heavy atom. The van der Waals surface area contributed by atoms with E-state index in [-0.39, 0.29) is 42.0 Å². The van der Waals surface area contributed by atoms with Gasteiger partial charge in [-0.3, -0.25) is 4.79 Å². The van der Waals surface area contributed by atoms with Crippen LogP contribution in [-0.2, 0) is 37.5 Å². The first-order chi connectivity index (χ1) is 17.5. The summed E-state index contributed by atoms with van der Waals surface area (Å²) in [5.41, 5.74) is -5.73. The molecule has 2 aromatic rings. The van der Waals surface area contributed by atoms with Gasteiger partial charge in [0.05, 0.1) is 12.2 Å². The highest BCUT2D eigenvalue weighted by atomic mass is 32.2. The second kappa shape index (κ2) is 10.6. The summed E-state index contributed by atoms with van der Waals surface area (Å²) < 4.78 is 80.1. The summed E-state index contributed by atoms with van der Waals surface area (Å²) in [6.07, 6.45) is -1.67. The van der Waals surface area contributed by atoms with Gasteiger partial charge in [-0.05, 0) is 63.8 Å². The van der Waals surface area contributed by atoms with E-state index in [9.17, 15) is 31.2 Å². The van der Waals surface area contributed by atoms with Crippen molar-refractivity contribution in [3.63, 3.8) is 0 Å². The first-order valence-electron chi connectivity index (χ1n) is 11.8. The Bertz CT molecular complexity index is 1330. The van der Waals surface area contributed by atoms with Crippen LogP contribution in [-0.4, -0.2) is 42.9 Å². The Labute approximate surface area is 219 Å². The zero-order valence-corrected chi connectivity index (χ0v) is 22.7. The molecule has 12 heteroatoms. The first kappa shape index (κ1) is 29.4. The van der Waals surface area contributed by atoms with Gasteiger partial charge in [-0.25, -0.2) is 4.79 Å². The lowest BCUT2D eigenvalue weighted by Crippen LogP contribution is -2.32. The lowest BCUT2D eigenvalue weighted by molar-refractivity contribution is -0.167. The molecule has 0 aliphatic carbocycles. The molecule has 0 aromatic heterocycles. The van der Waals surface area contributed by atoms with Gasteiger partial charge in [-0.15, -0.1) is 0 Å². The monoisotopic (exact) mass is 557 g/mol. The number of amides is 1. The van der Waals surface area contributed by atoms with E-state index >= 15 is 0 Å². The molecule has 0 unspecified atom stereocenters. The van der Waals surface area contributed by atoms with Crippen LogP contribution in [0.4, 0.5) is 13.2 Å². The summed E-state index contributed by atoms with van der Waals surface area (Å²) in [5, 5.41) is 0. The number of benzene rings is 2. The maximum Gasteiger partial charge on any atom is 0.534 e. The smallest absolute Gasteiger partial charge is 0.464 e. The molecule has 1 heterocycles. The molecule has 208 valence electrons. The number of carbonyl (C=O) groups excluding carboxylic acids is 2. The SMILES string of the molecule is CCOC(=O)[C@@H](OC(C)(C)C)c1c(C)c2c(c(C)c1OS(=O)(=O)C(F)(F)F)CN(Cc1ccccc1)C2=O. The molecule has 1 aliphatic heterocycles. The number of fused-ring (bicyclic) bond motifs is 1. The average molecular weight is 558 g/mol. The number of alkyl halides is 3. The van der Waals surface area contributed by atoms with Gasteiger partial charge >= 0.3 is 21.6 Å². The van der Waals surface area contributed by atoms with E-state index < -0.39 is 45.0 Å². The fourth-order valence-corrected chi connectivity index (χ4v) is 4.80. The van der Waals surface area contributed by atoms with Gasteiger partial charge in [-0.2, -0.15) is 21.6 Å². The molecule has 0 bridgehead atoms. The lowest BCUT2D eigenvalue weighted by atomic mass is 9.90. The van der Waals surface area contributed by atoms with Crippen molar-refractivity contribution in [3.05, 3.63) is 63.7 Å². The second-order valence-corrected chi connectivity index (χ2v) is 11.4. The van der Waals surface area contributed by atoms with E-state index in [0.29, 0.717) is 5.56 Å². The highest BCUT2D eigenvalue weighted by Gasteiger charge is 2.50. The van der Waals surface area contributed by atoms with Crippen LogP contribution < -0.4 is 4.18 Å². The number of rotatable bonds is 8. The summed E-state index contributed by atoms with van der Waals surface area (Å²) in [5.74, 6) is -2.10. The second-order valence-electron chi connectivity index (χ2n) is 9.84. The van der Waals surface area contributed by atoms with Gasteiger partial charge in [-0.1, -0.05) is 30.3 Å². The van der Waals surface area contributed by atoms with Crippen molar-refractivity contribution < 1.29 is 44.8 Å². The van der Waals surface area contributed by atoms with Gasteiger partial charge in [0, 0.05) is 24.2 Å². The number of esters is 1. The van der Waals surface area contributed by atoms with Gasteiger partial charge in [0.15, 0.2) is 11.9 Å². The molecule has 0 N–H and O–H groups in total. The molecule has 8 nitrogen and oxygen atoms in total. The molecule has 0 saturated heterocycles. The number of hydrogen-bond donors (Lipinski definition) is 0. The van der Waals surface area contributed by atoms with Crippen LogP contribution in [0.1, 0.15) is 72.0 Å². The zero-order valence-electron chi connectivity index (χ0n) is 21.9. The molecular formula is C26H30F3NO7S. The maximum atomic E-state index is 13.5. The Balaban J connectivity index is 2.27. The third-order valence-electron chi connectivity index (χ3n) is 5.90. The summed E-state index contributed by atoms with van der Waals surface area (Å²) in [4.78, 5) is 28.0. The highest BCUT2D eigenvalue weighted by Crippen LogP contribution is 2.45. The summed E-state index contributed by atoms with van der Waals surface area (Å²) in [6, 6.07) is 9.07. The molecule has 1 aliphatic rings. The minimum Gasteiger partial charge on any atom is -0.464 e. The fraction of sp³-hybridized carbons (Fsp3) is 0.462. The predicted octanol–water partition coefficient (Wildman–Crippen LogP) is 5.11. The molecule has 0 spiro atoms. The van der Waals surface area contributed by atoms with Crippen molar-refractivity contribution in [2.75, 3.05) is 6.61 Å². The lowest BCUT2D eigenvalue weighted by Gasteiger charge is -2.30. The Hall–Kier alpha value is -3.12. The van der Waals surface area contributed by atoms with Gasteiger partial charge < -0.3 is 18.6 Å². The van der Waals surface area contributed by atoms with E-state index in [2.05, 4.69) is 4.18 Å². The summed E-state index contributed by atoms with van der Waals surface area (Å²) in [7, 11) is -6.13. The van der Waals surface area contributed by atoms with E-state index in [1.165, 1.54) is 25.7 Å². The Morgan fingerprint density at radius 3 is 2.21 bits per heavy atom. The first-order valence-corrected chi connectivity index (χ1v) is 13.2. The van der Waals surface area contributed by atoms with Crippen LogP contribution >= 0.6 is 0 Å². The van der Waals surface area contributed by atoms with Gasteiger partial charge in [0.1, 0.15) is 0 Å². The topological polar surface area (TPSA) is 99.2 Å². The predicted molar refractivity (Wildman–Crippen MR) is 132 cm³/mol. The van der Waals surface area contributed by atoms with Crippen molar-refractivity contribution in [3.8, 4) is 5.75 Å². The average Bonchev–Trinajstić information content (AvgIpc) is 3.12. The van der Waals surface area contributed by atoms with Crippen LogP contribution in [0.15, 0.2) is 30.3 Å². The normalized spacial score (nSPS) is 14.9. The number of nitrogens with zero attached hydrogens (tertiary/aromatic N) is 1. The van der Waals surface area contributed by atoms with Crippen LogP contribution in [0.25, 0.3) is 0 Å². The molecule has 38 heavy (non-hydrogen) atoms. The quantitative estimate of drug-likeness (QED) is 0.253. The number of carbonyl (C=O) groups is 2. The van der Waals surface area contributed by atoms with E-state index in [1.54, 1.807) is 32.9 Å². The van der Waals surface area contributed by atoms with Crippen LogP contribution in [0.2, 0.25) is 0 Å². The third-order valence-corrected chi connectivity index (χ3v) is 6.85. The van der Waals surface area contributed by atoms with Crippen molar-refractivity contribution in [2.45, 2.75) is 71.8 Å². The zero-order chi connectivity index (χ0) is 28.6. The van der Waals surface area contributed by atoms with Crippen molar-refractivity contribution >= 4 is 22.0 Å². The van der Waals surface area contributed by atoms with Crippen molar-refractivity contribution in [1.82, 2.24) is 4.90 Å². The van der Waals surface area contributed by atoms with E-state index in [1.807, 2.05) is 18.2 Å². The van der Waals surface area contributed by atoms with Crippen LogP contribution in [0, 0.1) is 13.8 Å². The molecule has 1 atom stereocenters. The molecule has 2 aromatic carbocycles. The summed E-state index contributed by atoms with van der Waals surface area (Å²) in [6.45, 7) is 9.25. The maximum absolute atomic E-state index is 13.5. The highest BCUT2D eigenvalue weighted by molar-refractivity contribution is 7.88. The molecule has 1 amide bonds. The largest absolute Gasteiger partial charge is 0.534 e. The minimum absolute atomic E-state index is 0.00262. The van der Waals surface area contributed by atoms with Gasteiger partial charge in [0.2, 0.25) is 0 Å². The number of halogens is 3. The standard InChI is InChI=1S/C26H30F3NO7S/c1-7-35-24(32)22(36-25(4,5)6)20-16(3)19-18(15(2)21(20)37-38(33,34)26(27,28)29)14-30(23(19)31)13-17-11-9-8-10-12-17/h8-12,22H,7,13-14H2,1-6H3/t22-/m0/s1. The molecule has 0 saturated carbocycles. The fourth-order valence-electron chi connectivity index (χ4n) is 4.27. The molecular weight excluding hydrogens is 527 g/mol. The molecule has 3 rings (SSSR count). The van der Waals surface area contributed by atoms with Gasteiger partial charge in [0.25, 0.3) is 5.91 Å². The van der Waals surface area contributed by atoms with E-state index in [0.717, 1.165) is 5.56 Å². The number of hydrogen-bond acceptors (Lipinski definition) is 7. The molecule has 0 fully saturated rings. The minimum atomic E-state index is -6.13. The Kier molecular flexibility index (Phi) is 8.18. The third kappa shape index (κ3) is 5.96. The van der Waals surface area contributed by atoms with Crippen molar-refractivity contribution in [1.29, 1.82) is 0 Å². The summed E-state index contributed by atoms with van der Waals surface area (Å²) >= 11 is 0. The van der Waals surface area contributed by atoms with E-state index in [4.69, 9.17) is 9.47 Å². The van der Waals surface area contributed by atoms with Crippen molar-refractivity contribution in [2.24, 2.45) is 0 Å². The van der Waals surface area contributed by atoms with Crippen LogP contribution in [0.5, 0.6) is 5.75 Å². The Morgan fingerprint density at radius 1 is 1.08 bits per heavy atom.